The van der Waals surface area contributed by atoms with Crippen LogP contribution in [0.2, 0.25) is 0 Å². The molecule has 27 heavy (non-hydrogen) atoms. The first-order valence-electron chi connectivity index (χ1n) is 10.3. The Labute approximate surface area is 166 Å². The first-order chi connectivity index (χ1) is 12.6. The van der Waals surface area contributed by atoms with Crippen molar-refractivity contribution in [1.82, 2.24) is 0 Å². The second-order valence-corrected chi connectivity index (χ2v) is 8.77. The molecule has 0 aliphatic carbocycles. The van der Waals surface area contributed by atoms with E-state index in [0.717, 1.165) is 0 Å². The van der Waals surface area contributed by atoms with Gasteiger partial charge >= 0.3 is 5.97 Å². The maximum absolute atomic E-state index is 9.85. The molecule has 0 bridgehead atoms. The van der Waals surface area contributed by atoms with Crippen LogP contribution in [0.5, 0.6) is 0 Å². The zero-order chi connectivity index (χ0) is 21.3. The summed E-state index contributed by atoms with van der Waals surface area (Å²) in [7, 11) is -4.52. The fourth-order valence-electron chi connectivity index (χ4n) is 2.94. The Balaban J connectivity index is 0. The number of hydrogen-bond donors (Lipinski definition) is 2. The second kappa shape index (κ2) is 16.3. The molecule has 0 aromatic carbocycles. The first kappa shape index (κ1) is 28.5. The second-order valence-electron chi connectivity index (χ2n) is 7.32. The Morgan fingerprint density at radius 2 is 1.19 bits per heavy atom. The molecule has 8 heteroatoms. The summed E-state index contributed by atoms with van der Waals surface area (Å²) in [6, 6.07) is -1.62. The summed E-state index contributed by atoms with van der Waals surface area (Å²) in [6.45, 7) is 15.0. The molecule has 1 unspecified atom stereocenters. The Morgan fingerprint density at radius 3 is 1.33 bits per heavy atom. The molecule has 164 valence electrons. The van der Waals surface area contributed by atoms with Crippen molar-refractivity contribution in [2.24, 2.45) is 5.73 Å². The smallest absolute Gasteiger partial charge is 0.321 e. The van der Waals surface area contributed by atoms with Crippen molar-refractivity contribution < 1.29 is 27.4 Å². The van der Waals surface area contributed by atoms with Crippen molar-refractivity contribution in [2.75, 3.05) is 31.9 Å². The quantitative estimate of drug-likeness (QED) is 0.316. The highest BCUT2D eigenvalue weighted by Gasteiger charge is 2.24. The molecule has 0 aromatic heterocycles. The molecule has 0 aliphatic rings. The number of carboxylic acids is 1. The molecule has 0 rings (SSSR count). The van der Waals surface area contributed by atoms with Gasteiger partial charge in [-0.3, -0.25) is 4.79 Å². The maximum Gasteiger partial charge on any atom is 0.321 e. The molecule has 0 amide bonds. The number of nitrogens with zero attached hydrogens (tertiary/aromatic N) is 1. The van der Waals surface area contributed by atoms with E-state index in [9.17, 15) is 17.8 Å². The van der Waals surface area contributed by atoms with Crippen LogP contribution in [0.25, 0.3) is 0 Å². The van der Waals surface area contributed by atoms with Gasteiger partial charge in [-0.25, -0.2) is 8.42 Å². The molecular formula is C19H42N2O5S. The number of hydrogen-bond acceptors (Lipinski definition) is 5. The molecule has 0 aliphatic heterocycles. The van der Waals surface area contributed by atoms with Crippen LogP contribution in [0.1, 0.15) is 79.1 Å². The summed E-state index contributed by atoms with van der Waals surface area (Å²) in [5, 5.41) is 8.02. The van der Waals surface area contributed by atoms with Gasteiger partial charge in [0.1, 0.15) is 6.04 Å². The fraction of sp³-hybridized carbons (Fsp3) is 0.947. The number of aliphatic carboxylic acids is 1. The lowest BCUT2D eigenvalue weighted by Gasteiger charge is -2.39. The number of unbranched alkanes of at least 4 members (excludes halogenated alkanes) is 4. The van der Waals surface area contributed by atoms with E-state index in [0.29, 0.717) is 0 Å². The van der Waals surface area contributed by atoms with E-state index in [2.05, 4.69) is 27.7 Å². The molecule has 1 atom stereocenters. The lowest BCUT2D eigenvalue weighted by molar-refractivity contribution is -0.929. The van der Waals surface area contributed by atoms with Crippen molar-refractivity contribution in [3.05, 3.63) is 0 Å². The van der Waals surface area contributed by atoms with Crippen LogP contribution in [-0.2, 0) is 14.9 Å². The Hall–Kier alpha value is -0.700. The lowest BCUT2D eigenvalue weighted by atomic mass is 10.1. The van der Waals surface area contributed by atoms with Gasteiger partial charge in [0.05, 0.1) is 42.1 Å². The van der Waals surface area contributed by atoms with Crippen LogP contribution >= 0.6 is 0 Å². The number of carboxylic acid groups (broad SMARTS) is 1. The predicted molar refractivity (Wildman–Crippen MR) is 110 cm³/mol. The van der Waals surface area contributed by atoms with E-state index in [1.165, 1.54) is 82.0 Å². The minimum atomic E-state index is -4.52. The van der Waals surface area contributed by atoms with Gasteiger partial charge in [0.2, 0.25) is 0 Å². The van der Waals surface area contributed by atoms with Gasteiger partial charge in [-0.15, -0.1) is 0 Å². The SMILES string of the molecule is CCCC[N+](CCCC)(CCCC)CCCC.NC(CS(=O)(=O)[O-])C(=O)O. The van der Waals surface area contributed by atoms with Crippen LogP contribution in [0.4, 0.5) is 0 Å². The summed E-state index contributed by atoms with van der Waals surface area (Å²) >= 11 is 0. The zero-order valence-corrected chi connectivity index (χ0v) is 18.6. The van der Waals surface area contributed by atoms with E-state index in [1.807, 2.05) is 0 Å². The van der Waals surface area contributed by atoms with Gasteiger partial charge in [-0.05, 0) is 25.7 Å². The van der Waals surface area contributed by atoms with Crippen LogP contribution in [-0.4, -0.2) is 66.5 Å². The molecule has 0 saturated carbocycles. The molecule has 0 heterocycles. The third-order valence-corrected chi connectivity index (χ3v) is 5.41. The molecule has 0 saturated heterocycles. The molecule has 0 radical (unpaired) electrons. The predicted octanol–water partition coefficient (Wildman–Crippen LogP) is 2.95. The molecule has 7 nitrogen and oxygen atoms in total. The van der Waals surface area contributed by atoms with Gasteiger partial charge in [-0.2, -0.15) is 0 Å². The monoisotopic (exact) mass is 410 g/mol. The Kier molecular flexibility index (Phi) is 17.2. The van der Waals surface area contributed by atoms with Crippen molar-refractivity contribution in [1.29, 1.82) is 0 Å². The fourth-order valence-corrected chi connectivity index (χ4v) is 3.52. The normalized spacial score (nSPS) is 13.0. The average molecular weight is 411 g/mol. The topological polar surface area (TPSA) is 121 Å². The van der Waals surface area contributed by atoms with Gasteiger partial charge in [0.15, 0.2) is 0 Å². The van der Waals surface area contributed by atoms with Crippen LogP contribution < -0.4 is 5.73 Å². The van der Waals surface area contributed by atoms with E-state index < -0.39 is 27.9 Å². The molecular weight excluding hydrogens is 368 g/mol. The van der Waals surface area contributed by atoms with Crippen molar-refractivity contribution in [3.8, 4) is 0 Å². The van der Waals surface area contributed by atoms with E-state index >= 15 is 0 Å². The van der Waals surface area contributed by atoms with Gasteiger partial charge in [0, 0.05) is 0 Å². The van der Waals surface area contributed by atoms with Crippen molar-refractivity contribution in [3.63, 3.8) is 0 Å². The summed E-state index contributed by atoms with van der Waals surface area (Å²) in [4.78, 5) is 9.85. The molecule has 3 N–H and O–H groups in total. The maximum atomic E-state index is 9.85. The van der Waals surface area contributed by atoms with E-state index in [4.69, 9.17) is 10.8 Å². The van der Waals surface area contributed by atoms with E-state index in [-0.39, 0.29) is 0 Å². The summed E-state index contributed by atoms with van der Waals surface area (Å²) < 4.78 is 31.0. The van der Waals surface area contributed by atoms with Crippen LogP contribution in [0.15, 0.2) is 0 Å². The number of quaternary nitrogens is 1. The highest BCUT2D eigenvalue weighted by molar-refractivity contribution is 7.85. The Morgan fingerprint density at radius 1 is 0.889 bits per heavy atom. The minimum Gasteiger partial charge on any atom is -0.748 e. The largest absolute Gasteiger partial charge is 0.748 e. The number of nitrogens with two attached hydrogens (primary N) is 1. The first-order valence-corrected chi connectivity index (χ1v) is 11.9. The molecule has 0 fully saturated rings. The van der Waals surface area contributed by atoms with Crippen LogP contribution in [0, 0.1) is 0 Å². The van der Waals surface area contributed by atoms with Crippen molar-refractivity contribution in [2.45, 2.75) is 85.1 Å². The molecule has 0 spiro atoms. The van der Waals surface area contributed by atoms with E-state index in [1.54, 1.807) is 0 Å². The van der Waals surface area contributed by atoms with Crippen LogP contribution in [0.3, 0.4) is 0 Å². The van der Waals surface area contributed by atoms with Gasteiger partial charge in [-0.1, -0.05) is 53.4 Å². The summed E-state index contributed by atoms with van der Waals surface area (Å²) in [5.41, 5.74) is 4.72. The van der Waals surface area contributed by atoms with Crippen molar-refractivity contribution >= 4 is 16.1 Å². The lowest BCUT2D eigenvalue weighted by Crippen LogP contribution is -2.50. The highest BCUT2D eigenvalue weighted by Crippen LogP contribution is 2.16. The number of rotatable bonds is 15. The highest BCUT2D eigenvalue weighted by atomic mass is 32.2. The summed E-state index contributed by atoms with van der Waals surface area (Å²) in [5.74, 6) is -2.57. The third kappa shape index (κ3) is 17.1. The third-order valence-electron chi connectivity index (χ3n) is 4.64. The summed E-state index contributed by atoms with van der Waals surface area (Å²) in [6.07, 6.45) is 11.1. The minimum absolute atomic E-state index is 1.07. The standard InChI is InChI=1S/C16H36N.C3H7NO5S/c1-5-9-13-17(14-10-6-2,15-11-7-3)16-12-8-4;4-2(3(5)6)1-10(7,8)9/h5-16H2,1-4H3;2H,1,4H2,(H,5,6)(H,7,8,9)/q+1;/p-1. The zero-order valence-electron chi connectivity index (χ0n) is 17.8. The Bertz CT molecular complexity index is 431. The average Bonchev–Trinajstić information content (AvgIpc) is 2.59. The number of carbonyl (C=O) groups is 1. The molecule has 0 aromatic rings. The van der Waals surface area contributed by atoms with Gasteiger partial charge < -0.3 is 19.9 Å². The van der Waals surface area contributed by atoms with Gasteiger partial charge in [0.25, 0.3) is 0 Å².